The number of carbonyl (C=O) groups excluding carboxylic acids is 1. The average molecular weight is 349 g/mol. The van der Waals surface area contributed by atoms with Crippen molar-refractivity contribution in [3.63, 3.8) is 0 Å². The zero-order valence-corrected chi connectivity index (χ0v) is 14.6. The minimum Gasteiger partial charge on any atom is -0.462 e. The molecule has 4 heteroatoms. The van der Waals surface area contributed by atoms with Crippen molar-refractivity contribution in [3.05, 3.63) is 78.4 Å². The summed E-state index contributed by atoms with van der Waals surface area (Å²) >= 11 is 0. The van der Waals surface area contributed by atoms with Crippen molar-refractivity contribution in [2.45, 2.75) is 21.6 Å². The zero-order chi connectivity index (χ0) is 17.2. The monoisotopic (exact) mass is 349 g/mol. The van der Waals surface area contributed by atoms with Gasteiger partial charge in [-0.05, 0) is 43.3 Å². The van der Waals surface area contributed by atoms with Crippen LogP contribution in [0.3, 0.4) is 0 Å². The van der Waals surface area contributed by atoms with Gasteiger partial charge in [0.1, 0.15) is 10.9 Å². The first-order chi connectivity index (χ1) is 12.3. The van der Waals surface area contributed by atoms with Gasteiger partial charge in [-0.1, -0.05) is 30.3 Å². The number of carbonyl (C=O) groups is 1. The summed E-state index contributed by atoms with van der Waals surface area (Å²) in [5, 5.41) is 0. The van der Waals surface area contributed by atoms with Gasteiger partial charge in [0.25, 0.3) is 0 Å². The molecule has 0 N–H and O–H groups in total. The average Bonchev–Trinajstić information content (AvgIpc) is 2.66. The molecule has 1 aliphatic rings. The summed E-state index contributed by atoms with van der Waals surface area (Å²) in [6.45, 7) is 2.17. The van der Waals surface area contributed by atoms with E-state index in [4.69, 9.17) is 9.47 Å². The Kier molecular flexibility index (Phi) is 4.20. The number of hydrogen-bond acceptors (Lipinski definition) is 3. The Hall–Kier alpha value is -2.72. The number of esters is 1. The summed E-state index contributed by atoms with van der Waals surface area (Å²) in [5.74, 6) is 1.35. The Bertz CT molecular complexity index is 921. The molecular formula is C21H17O3S+. The third-order valence-corrected chi connectivity index (χ3v) is 6.22. The van der Waals surface area contributed by atoms with E-state index in [1.54, 1.807) is 6.07 Å². The fourth-order valence-corrected chi connectivity index (χ4v) is 5.10. The van der Waals surface area contributed by atoms with Gasteiger partial charge < -0.3 is 9.47 Å². The SMILES string of the molecule is CCOC(=O)c1ccc2c(c1)[S+](c1ccccc1)c1ccccc1O2. The molecule has 1 aliphatic heterocycles. The first kappa shape index (κ1) is 15.8. The molecule has 0 radical (unpaired) electrons. The van der Waals surface area contributed by atoms with Gasteiger partial charge in [0.05, 0.1) is 12.2 Å². The van der Waals surface area contributed by atoms with E-state index in [1.807, 2.05) is 55.5 Å². The highest BCUT2D eigenvalue weighted by Gasteiger charge is 2.39. The molecule has 1 heterocycles. The molecule has 124 valence electrons. The largest absolute Gasteiger partial charge is 0.462 e. The highest BCUT2D eigenvalue weighted by molar-refractivity contribution is 7.97. The summed E-state index contributed by atoms with van der Waals surface area (Å²) in [4.78, 5) is 15.5. The predicted molar refractivity (Wildman–Crippen MR) is 97.5 cm³/mol. The summed E-state index contributed by atoms with van der Waals surface area (Å²) in [7, 11) is -0.321. The molecule has 0 aliphatic carbocycles. The minimum absolute atomic E-state index is 0.305. The van der Waals surface area contributed by atoms with Gasteiger partial charge in [0, 0.05) is 6.07 Å². The topological polar surface area (TPSA) is 35.5 Å². The molecule has 0 saturated carbocycles. The molecule has 3 nitrogen and oxygen atoms in total. The van der Waals surface area contributed by atoms with Crippen LogP contribution in [-0.4, -0.2) is 12.6 Å². The lowest BCUT2D eigenvalue weighted by Gasteiger charge is -2.20. The second kappa shape index (κ2) is 6.65. The molecule has 0 spiro atoms. The molecule has 4 rings (SSSR count). The van der Waals surface area contributed by atoms with Gasteiger partial charge in [0.2, 0.25) is 9.79 Å². The molecule has 1 atom stereocenters. The van der Waals surface area contributed by atoms with Gasteiger partial charge in [-0.25, -0.2) is 4.79 Å². The fourth-order valence-electron chi connectivity index (χ4n) is 2.84. The third-order valence-electron chi connectivity index (χ3n) is 3.94. The summed E-state index contributed by atoms with van der Waals surface area (Å²) < 4.78 is 11.2. The smallest absolute Gasteiger partial charge is 0.338 e. The molecule has 3 aromatic rings. The summed E-state index contributed by atoms with van der Waals surface area (Å²) in [6.07, 6.45) is 0. The molecule has 0 aromatic heterocycles. The van der Waals surface area contributed by atoms with Crippen LogP contribution in [0, 0.1) is 0 Å². The van der Waals surface area contributed by atoms with E-state index in [1.165, 1.54) is 4.90 Å². The normalized spacial score (nSPS) is 14.8. The molecule has 0 saturated heterocycles. The van der Waals surface area contributed by atoms with E-state index in [0.717, 1.165) is 21.3 Å². The maximum atomic E-state index is 12.2. The molecule has 25 heavy (non-hydrogen) atoms. The third kappa shape index (κ3) is 2.89. The minimum atomic E-state index is -0.321. The Balaban J connectivity index is 1.88. The van der Waals surface area contributed by atoms with Gasteiger partial charge >= 0.3 is 5.97 Å². The second-order valence-electron chi connectivity index (χ2n) is 5.55. The van der Waals surface area contributed by atoms with Crippen molar-refractivity contribution in [3.8, 4) is 11.5 Å². The summed E-state index contributed by atoms with van der Waals surface area (Å²) in [6, 6.07) is 23.9. The highest BCUT2D eigenvalue weighted by atomic mass is 32.2. The predicted octanol–water partition coefficient (Wildman–Crippen LogP) is 5.06. The Morgan fingerprint density at radius 3 is 2.44 bits per heavy atom. The Labute approximate surface area is 149 Å². The highest BCUT2D eigenvalue weighted by Crippen LogP contribution is 2.47. The Morgan fingerprint density at radius 2 is 1.64 bits per heavy atom. The molecule has 3 aromatic carbocycles. The first-order valence-corrected chi connectivity index (χ1v) is 9.38. The molecule has 0 fully saturated rings. The van der Waals surface area contributed by atoms with Crippen LogP contribution in [0.15, 0.2) is 87.5 Å². The van der Waals surface area contributed by atoms with E-state index in [0.29, 0.717) is 12.2 Å². The Morgan fingerprint density at radius 1 is 0.920 bits per heavy atom. The van der Waals surface area contributed by atoms with Crippen molar-refractivity contribution in [2.75, 3.05) is 6.61 Å². The van der Waals surface area contributed by atoms with Crippen molar-refractivity contribution >= 4 is 16.9 Å². The number of ether oxygens (including phenoxy) is 2. The fraction of sp³-hybridized carbons (Fsp3) is 0.0952. The van der Waals surface area contributed by atoms with Crippen LogP contribution in [0.5, 0.6) is 11.5 Å². The lowest BCUT2D eigenvalue weighted by atomic mass is 10.2. The zero-order valence-electron chi connectivity index (χ0n) is 13.8. The number of rotatable bonds is 3. The van der Waals surface area contributed by atoms with Crippen LogP contribution in [-0.2, 0) is 15.6 Å². The van der Waals surface area contributed by atoms with E-state index < -0.39 is 0 Å². The molecule has 1 unspecified atom stereocenters. The van der Waals surface area contributed by atoms with Gasteiger partial charge in [-0.15, -0.1) is 0 Å². The van der Waals surface area contributed by atoms with Crippen molar-refractivity contribution in [1.82, 2.24) is 0 Å². The van der Waals surface area contributed by atoms with Gasteiger partial charge in [0.15, 0.2) is 16.4 Å². The van der Waals surface area contributed by atoms with Crippen LogP contribution in [0.1, 0.15) is 17.3 Å². The van der Waals surface area contributed by atoms with Crippen LogP contribution in [0.2, 0.25) is 0 Å². The van der Waals surface area contributed by atoms with E-state index in [9.17, 15) is 4.79 Å². The van der Waals surface area contributed by atoms with Crippen molar-refractivity contribution < 1.29 is 14.3 Å². The number of fused-ring (bicyclic) bond motifs is 2. The van der Waals surface area contributed by atoms with Crippen LogP contribution >= 0.6 is 0 Å². The van der Waals surface area contributed by atoms with E-state index in [2.05, 4.69) is 18.2 Å². The van der Waals surface area contributed by atoms with Gasteiger partial charge in [-0.2, -0.15) is 0 Å². The van der Waals surface area contributed by atoms with E-state index >= 15 is 0 Å². The maximum absolute atomic E-state index is 12.2. The van der Waals surface area contributed by atoms with Gasteiger partial charge in [-0.3, -0.25) is 0 Å². The maximum Gasteiger partial charge on any atom is 0.338 e. The van der Waals surface area contributed by atoms with Crippen LogP contribution < -0.4 is 4.74 Å². The second-order valence-corrected chi connectivity index (χ2v) is 7.51. The standard InChI is InChI=1S/C21H17O3S/c1-2-23-21(22)15-12-13-18-20(14-15)25(16-8-4-3-5-9-16)19-11-7-6-10-17(19)24-18/h3-14H,2H2,1H3/q+1. The quantitative estimate of drug-likeness (QED) is 0.383. The lowest BCUT2D eigenvalue weighted by molar-refractivity contribution is 0.0526. The van der Waals surface area contributed by atoms with Crippen molar-refractivity contribution in [1.29, 1.82) is 0 Å². The number of para-hydroxylation sites is 1. The van der Waals surface area contributed by atoms with Crippen LogP contribution in [0.4, 0.5) is 0 Å². The lowest BCUT2D eigenvalue weighted by Crippen LogP contribution is -2.14. The molecular weight excluding hydrogens is 332 g/mol. The van der Waals surface area contributed by atoms with Crippen LogP contribution in [0.25, 0.3) is 0 Å². The first-order valence-electron chi connectivity index (χ1n) is 8.15. The van der Waals surface area contributed by atoms with E-state index in [-0.39, 0.29) is 16.9 Å². The summed E-state index contributed by atoms with van der Waals surface area (Å²) in [5.41, 5.74) is 0.553. The molecule has 0 bridgehead atoms. The number of hydrogen-bond donors (Lipinski definition) is 0. The van der Waals surface area contributed by atoms with Crippen molar-refractivity contribution in [2.24, 2.45) is 0 Å². The molecule has 0 amide bonds. The number of benzene rings is 3.